The average Bonchev–Trinajstić information content (AvgIpc) is 2.86. The van der Waals surface area contributed by atoms with Crippen LogP contribution in [0.2, 0.25) is 10.0 Å². The van der Waals surface area contributed by atoms with Gasteiger partial charge < -0.3 is 26.0 Å². The largest absolute Gasteiger partial charge is 0.489 e. The fraction of sp³-hybridized carbons (Fsp3) is 0.308. The quantitative estimate of drug-likeness (QED) is 0.344. The highest BCUT2D eigenvalue weighted by Gasteiger charge is 2.18. The van der Waals surface area contributed by atoms with Gasteiger partial charge in [-0.15, -0.1) is 0 Å². The molecule has 4 rings (SSSR count). The highest BCUT2D eigenvalue weighted by Crippen LogP contribution is 2.30. The Kier molecular flexibility index (Phi) is 8.51. The van der Waals surface area contributed by atoms with Crippen LogP contribution < -0.4 is 21.1 Å². The van der Waals surface area contributed by atoms with Crippen LogP contribution in [-0.2, 0) is 6.42 Å². The number of hydrogen-bond donors (Lipinski definition) is 3. The zero-order valence-corrected chi connectivity index (χ0v) is 21.4. The topological polar surface area (TPSA) is 92.5 Å². The smallest absolute Gasteiger partial charge is 0.319 e. The van der Waals surface area contributed by atoms with Gasteiger partial charge in [-0.3, -0.25) is 0 Å². The number of hydrogen-bond acceptors (Lipinski definition) is 5. The van der Waals surface area contributed by atoms with E-state index in [0.717, 1.165) is 37.1 Å². The highest BCUT2D eigenvalue weighted by molar-refractivity contribution is 6.36. The number of carbonyl (C=O) groups is 1. The minimum absolute atomic E-state index is 0.0142. The van der Waals surface area contributed by atoms with Gasteiger partial charge in [0.15, 0.2) is 11.6 Å². The first-order valence-electron chi connectivity index (χ1n) is 11.7. The Hall–Kier alpha value is -3.07. The van der Waals surface area contributed by atoms with Crippen molar-refractivity contribution in [2.75, 3.05) is 37.8 Å². The predicted octanol–water partition coefficient (Wildman–Crippen LogP) is 5.61. The van der Waals surface area contributed by atoms with Gasteiger partial charge in [0.25, 0.3) is 0 Å². The molecule has 2 heterocycles. The summed E-state index contributed by atoms with van der Waals surface area (Å²) >= 11 is 12.2. The highest BCUT2D eigenvalue weighted by atomic mass is 35.5. The summed E-state index contributed by atoms with van der Waals surface area (Å²) in [6.45, 7) is 2.15. The molecule has 36 heavy (non-hydrogen) atoms. The normalized spacial score (nSPS) is 14.4. The summed E-state index contributed by atoms with van der Waals surface area (Å²) in [6.07, 6.45) is 3.84. The molecule has 10 heteroatoms. The summed E-state index contributed by atoms with van der Waals surface area (Å²) < 4.78 is 19.6. The zero-order chi connectivity index (χ0) is 25.7. The summed E-state index contributed by atoms with van der Waals surface area (Å²) in [5, 5.41) is 6.28. The Labute approximate surface area is 219 Å². The number of nitrogens with one attached hydrogen (secondary N) is 2. The van der Waals surface area contributed by atoms with Crippen LogP contribution in [0.1, 0.15) is 18.4 Å². The summed E-state index contributed by atoms with van der Waals surface area (Å²) in [5.74, 6) is 0.103. The van der Waals surface area contributed by atoms with E-state index in [9.17, 15) is 9.18 Å². The minimum atomic E-state index is -0.531. The van der Waals surface area contributed by atoms with Crippen molar-refractivity contribution in [3.8, 4) is 16.9 Å². The van der Waals surface area contributed by atoms with Gasteiger partial charge in [-0.25, -0.2) is 14.2 Å². The molecule has 0 aliphatic carbocycles. The van der Waals surface area contributed by atoms with E-state index in [4.69, 9.17) is 33.7 Å². The van der Waals surface area contributed by atoms with E-state index in [1.54, 1.807) is 12.3 Å². The first-order valence-corrected chi connectivity index (χ1v) is 12.4. The Morgan fingerprint density at radius 2 is 1.89 bits per heavy atom. The van der Waals surface area contributed by atoms with Crippen molar-refractivity contribution in [3.63, 3.8) is 0 Å². The molecule has 1 saturated heterocycles. The van der Waals surface area contributed by atoms with Crippen molar-refractivity contribution >= 4 is 40.7 Å². The molecule has 1 aliphatic rings. The Balaban J connectivity index is 1.35. The van der Waals surface area contributed by atoms with Gasteiger partial charge in [-0.1, -0.05) is 35.3 Å². The summed E-state index contributed by atoms with van der Waals surface area (Å²) in [4.78, 5) is 18.8. The third kappa shape index (κ3) is 6.57. The Morgan fingerprint density at radius 3 is 2.61 bits per heavy atom. The number of pyridine rings is 1. The van der Waals surface area contributed by atoms with E-state index in [-0.39, 0.29) is 29.5 Å². The lowest BCUT2D eigenvalue weighted by atomic mass is 10.1. The number of piperidine rings is 1. The second kappa shape index (κ2) is 11.8. The molecule has 2 aromatic carbocycles. The lowest BCUT2D eigenvalue weighted by Gasteiger charge is -2.29. The Morgan fingerprint density at radius 1 is 1.17 bits per heavy atom. The third-order valence-electron chi connectivity index (χ3n) is 6.16. The van der Waals surface area contributed by atoms with Gasteiger partial charge in [-0.05, 0) is 74.4 Å². The van der Waals surface area contributed by atoms with Crippen molar-refractivity contribution in [1.82, 2.24) is 15.2 Å². The molecule has 1 aromatic heterocycles. The number of aromatic nitrogens is 1. The van der Waals surface area contributed by atoms with Crippen LogP contribution in [0.5, 0.6) is 5.75 Å². The lowest BCUT2D eigenvalue weighted by Crippen LogP contribution is -2.44. The number of carbonyl (C=O) groups excluding carboxylic acids is 1. The van der Waals surface area contributed by atoms with Crippen molar-refractivity contribution in [2.45, 2.75) is 25.3 Å². The van der Waals surface area contributed by atoms with Crippen LogP contribution in [0.15, 0.2) is 48.7 Å². The van der Waals surface area contributed by atoms with E-state index in [1.165, 1.54) is 12.1 Å². The molecular weight excluding hydrogens is 504 g/mol. The zero-order valence-electron chi connectivity index (χ0n) is 19.9. The standard InChI is InChI=1S/C26H28Cl2FN5O2/c1-34-11-8-19(9-12-34)33-26(35)32-18-4-2-16(3-5-18)17-14-23(25(30)31-15-17)36-13-10-20-21(27)6-7-22(29)24(20)28/h2-7,14-15,19H,8-13H2,1H3,(H2,30,31)(H2,32,33,35). The van der Waals surface area contributed by atoms with Gasteiger partial charge in [-0.2, -0.15) is 0 Å². The molecule has 7 nitrogen and oxygen atoms in total. The SMILES string of the molecule is CN1CCC(NC(=O)Nc2ccc(-c3cnc(N)c(OCCc4c(Cl)ccc(F)c4Cl)c3)cc2)CC1. The summed E-state index contributed by atoms with van der Waals surface area (Å²) in [7, 11) is 2.09. The molecule has 4 N–H and O–H groups in total. The van der Waals surface area contributed by atoms with Crippen LogP contribution in [0.25, 0.3) is 11.1 Å². The van der Waals surface area contributed by atoms with Gasteiger partial charge >= 0.3 is 6.03 Å². The van der Waals surface area contributed by atoms with Crippen LogP contribution in [0.3, 0.4) is 0 Å². The van der Waals surface area contributed by atoms with Crippen LogP contribution >= 0.6 is 23.2 Å². The fourth-order valence-corrected chi connectivity index (χ4v) is 4.60. The van der Waals surface area contributed by atoms with E-state index < -0.39 is 5.82 Å². The maximum absolute atomic E-state index is 13.7. The van der Waals surface area contributed by atoms with E-state index in [1.807, 2.05) is 24.3 Å². The van der Waals surface area contributed by atoms with Gasteiger partial charge in [0.1, 0.15) is 5.82 Å². The molecule has 0 bridgehead atoms. The molecule has 1 fully saturated rings. The molecule has 3 aromatic rings. The number of nitrogens with zero attached hydrogens (tertiary/aromatic N) is 2. The fourth-order valence-electron chi connectivity index (χ4n) is 4.04. The van der Waals surface area contributed by atoms with E-state index in [2.05, 4.69) is 27.6 Å². The number of halogens is 3. The molecular formula is C26H28Cl2FN5O2. The molecule has 2 amide bonds. The number of urea groups is 1. The second-order valence-electron chi connectivity index (χ2n) is 8.78. The van der Waals surface area contributed by atoms with Crippen molar-refractivity contribution in [1.29, 1.82) is 0 Å². The van der Waals surface area contributed by atoms with Crippen molar-refractivity contribution < 1.29 is 13.9 Å². The number of ether oxygens (including phenoxy) is 1. The number of likely N-dealkylation sites (tertiary alicyclic amines) is 1. The number of benzene rings is 2. The summed E-state index contributed by atoms with van der Waals surface area (Å²) in [6, 6.07) is 11.9. The van der Waals surface area contributed by atoms with Gasteiger partial charge in [0.05, 0.1) is 11.6 Å². The van der Waals surface area contributed by atoms with E-state index in [0.29, 0.717) is 28.4 Å². The predicted molar refractivity (Wildman–Crippen MR) is 142 cm³/mol. The second-order valence-corrected chi connectivity index (χ2v) is 9.57. The number of nitrogens with two attached hydrogens (primary N) is 1. The van der Waals surface area contributed by atoms with Gasteiger partial charge in [0.2, 0.25) is 0 Å². The number of rotatable bonds is 7. The number of amides is 2. The number of anilines is 2. The van der Waals surface area contributed by atoms with Crippen LogP contribution in [-0.4, -0.2) is 48.7 Å². The Bertz CT molecular complexity index is 1220. The van der Waals surface area contributed by atoms with E-state index >= 15 is 0 Å². The third-order valence-corrected chi connectivity index (χ3v) is 6.92. The molecule has 0 spiro atoms. The molecule has 0 unspecified atom stereocenters. The summed E-state index contributed by atoms with van der Waals surface area (Å²) in [5.41, 5.74) is 8.83. The van der Waals surface area contributed by atoms with Crippen LogP contribution in [0, 0.1) is 5.82 Å². The minimum Gasteiger partial charge on any atom is -0.489 e. The maximum atomic E-state index is 13.7. The molecule has 1 aliphatic heterocycles. The average molecular weight is 532 g/mol. The lowest BCUT2D eigenvalue weighted by molar-refractivity contribution is 0.221. The number of nitrogen functional groups attached to an aromatic ring is 1. The molecule has 0 atom stereocenters. The molecule has 190 valence electrons. The van der Waals surface area contributed by atoms with Crippen molar-refractivity contribution in [2.24, 2.45) is 0 Å². The first-order chi connectivity index (χ1) is 17.3. The van der Waals surface area contributed by atoms with Gasteiger partial charge in [0, 0.05) is 34.9 Å². The molecule has 0 radical (unpaired) electrons. The monoisotopic (exact) mass is 531 g/mol. The van der Waals surface area contributed by atoms with Crippen LogP contribution in [0.4, 0.5) is 20.7 Å². The molecule has 0 saturated carbocycles. The van der Waals surface area contributed by atoms with Crippen molar-refractivity contribution in [3.05, 3.63) is 70.1 Å². The first kappa shape index (κ1) is 26.0. The maximum Gasteiger partial charge on any atom is 0.319 e.